The van der Waals surface area contributed by atoms with Gasteiger partial charge in [0.15, 0.2) is 0 Å². The van der Waals surface area contributed by atoms with Crippen LogP contribution in [0.15, 0.2) is 78.0 Å². The van der Waals surface area contributed by atoms with E-state index >= 15 is 0 Å². The second kappa shape index (κ2) is 8.24. The summed E-state index contributed by atoms with van der Waals surface area (Å²) in [7, 11) is -3.56. The molecule has 0 fully saturated rings. The fourth-order valence-corrected chi connectivity index (χ4v) is 4.59. The Morgan fingerprint density at radius 3 is 2.32 bits per heavy atom. The summed E-state index contributed by atoms with van der Waals surface area (Å²) >= 11 is 0. The van der Waals surface area contributed by atoms with Gasteiger partial charge in [-0.05, 0) is 47.5 Å². The van der Waals surface area contributed by atoms with Gasteiger partial charge in [-0.1, -0.05) is 45.0 Å². The minimum atomic E-state index is -3.56. The van der Waals surface area contributed by atoms with Gasteiger partial charge in [0, 0.05) is 30.9 Å². The molecule has 2 heterocycles. The molecule has 31 heavy (non-hydrogen) atoms. The Bertz CT molecular complexity index is 1290. The Kier molecular flexibility index (Phi) is 5.64. The van der Waals surface area contributed by atoms with Gasteiger partial charge in [0.2, 0.25) is 10.0 Å². The van der Waals surface area contributed by atoms with Gasteiger partial charge < -0.3 is 4.57 Å². The number of nitrogens with one attached hydrogen (secondary N) is 1. The second-order valence-electron chi connectivity index (χ2n) is 8.59. The van der Waals surface area contributed by atoms with Crippen LogP contribution in [0.3, 0.4) is 0 Å². The third kappa shape index (κ3) is 4.68. The van der Waals surface area contributed by atoms with Crippen LogP contribution in [0, 0.1) is 0 Å². The molecule has 2 aromatic carbocycles. The van der Waals surface area contributed by atoms with Crippen LogP contribution in [0.25, 0.3) is 11.0 Å². The smallest absolute Gasteiger partial charge is 0.240 e. The minimum Gasteiger partial charge on any atom is -0.323 e. The number of nitrogens with zero attached hydrogens (tertiary/aromatic N) is 3. The van der Waals surface area contributed by atoms with E-state index in [1.165, 1.54) is 0 Å². The van der Waals surface area contributed by atoms with Gasteiger partial charge in [0.1, 0.15) is 5.82 Å². The van der Waals surface area contributed by atoms with Gasteiger partial charge in [-0.3, -0.25) is 4.98 Å². The first-order valence-electron chi connectivity index (χ1n) is 10.2. The molecule has 6 nitrogen and oxygen atoms in total. The van der Waals surface area contributed by atoms with Crippen molar-refractivity contribution in [1.82, 2.24) is 19.3 Å². The predicted octanol–water partition coefficient (Wildman–Crippen LogP) is 4.26. The maximum atomic E-state index is 12.5. The monoisotopic (exact) mass is 434 g/mol. The molecular formula is C24H26N4O2S. The zero-order valence-corrected chi connectivity index (χ0v) is 18.7. The van der Waals surface area contributed by atoms with Crippen molar-refractivity contribution in [2.45, 2.75) is 44.2 Å². The van der Waals surface area contributed by atoms with Crippen LogP contribution >= 0.6 is 0 Å². The van der Waals surface area contributed by atoms with Crippen LogP contribution < -0.4 is 4.72 Å². The molecule has 1 N–H and O–H groups in total. The molecule has 0 spiro atoms. The van der Waals surface area contributed by atoms with Crippen molar-refractivity contribution in [3.63, 3.8) is 0 Å². The average molecular weight is 435 g/mol. The first kappa shape index (κ1) is 21.2. The van der Waals surface area contributed by atoms with Crippen molar-refractivity contribution in [2.75, 3.05) is 0 Å². The normalized spacial score (nSPS) is 12.4. The molecule has 0 unspecified atom stereocenters. The molecule has 0 aliphatic heterocycles. The van der Waals surface area contributed by atoms with E-state index in [1.54, 1.807) is 42.7 Å². The van der Waals surface area contributed by atoms with Crippen molar-refractivity contribution in [3.8, 4) is 0 Å². The fraction of sp³-hybridized carbons (Fsp3) is 0.250. The maximum absolute atomic E-state index is 12.5. The van der Waals surface area contributed by atoms with E-state index in [0.717, 1.165) is 28.0 Å². The highest BCUT2D eigenvalue weighted by Crippen LogP contribution is 2.28. The molecule has 0 aliphatic carbocycles. The van der Waals surface area contributed by atoms with Crippen LogP contribution in [0.5, 0.6) is 0 Å². The summed E-state index contributed by atoms with van der Waals surface area (Å²) < 4.78 is 30.0. The highest BCUT2D eigenvalue weighted by molar-refractivity contribution is 7.89. The van der Waals surface area contributed by atoms with E-state index in [4.69, 9.17) is 4.98 Å². The topological polar surface area (TPSA) is 76.9 Å². The second-order valence-corrected chi connectivity index (χ2v) is 10.4. The first-order valence-corrected chi connectivity index (χ1v) is 11.7. The predicted molar refractivity (Wildman–Crippen MR) is 122 cm³/mol. The molecule has 7 heteroatoms. The van der Waals surface area contributed by atoms with Crippen molar-refractivity contribution in [3.05, 3.63) is 90.0 Å². The van der Waals surface area contributed by atoms with E-state index in [2.05, 4.69) is 35.0 Å². The molecular weight excluding hydrogens is 408 g/mol. The maximum Gasteiger partial charge on any atom is 0.240 e. The lowest BCUT2D eigenvalue weighted by atomic mass is 9.95. The van der Waals surface area contributed by atoms with Gasteiger partial charge in [-0.25, -0.2) is 18.1 Å². The molecule has 0 amide bonds. The summed E-state index contributed by atoms with van der Waals surface area (Å²) in [4.78, 5) is 9.27. The summed E-state index contributed by atoms with van der Waals surface area (Å²) in [6.45, 7) is 7.34. The number of benzene rings is 2. The van der Waals surface area contributed by atoms with Gasteiger partial charge in [0.05, 0.1) is 15.9 Å². The number of hydrogen-bond donors (Lipinski definition) is 1. The largest absolute Gasteiger partial charge is 0.323 e. The van der Waals surface area contributed by atoms with Crippen molar-refractivity contribution in [1.29, 1.82) is 0 Å². The SMILES string of the molecule is CC(C)(C)c1nc2cc(CNS(=O)(=O)c3ccccc3)ccc2n1Cc1ccncc1. The molecule has 160 valence electrons. The minimum absolute atomic E-state index is 0.138. The van der Waals surface area contributed by atoms with E-state index in [-0.39, 0.29) is 16.9 Å². The number of sulfonamides is 1. The first-order chi connectivity index (χ1) is 14.7. The molecule has 0 saturated heterocycles. The third-order valence-electron chi connectivity index (χ3n) is 5.09. The van der Waals surface area contributed by atoms with Crippen LogP contribution in [0.1, 0.15) is 37.7 Å². The summed E-state index contributed by atoms with van der Waals surface area (Å²) in [5.74, 6) is 0.987. The lowest BCUT2D eigenvalue weighted by Gasteiger charge is -2.20. The average Bonchev–Trinajstić information content (AvgIpc) is 3.12. The van der Waals surface area contributed by atoms with Crippen LogP contribution in [-0.2, 0) is 28.5 Å². The lowest BCUT2D eigenvalue weighted by Crippen LogP contribution is -2.23. The Labute approximate surface area is 183 Å². The molecule has 0 atom stereocenters. The van der Waals surface area contributed by atoms with E-state index < -0.39 is 10.0 Å². The molecule has 4 rings (SSSR count). The van der Waals surface area contributed by atoms with Gasteiger partial charge in [0.25, 0.3) is 0 Å². The van der Waals surface area contributed by atoms with Gasteiger partial charge in [-0.2, -0.15) is 0 Å². The highest BCUT2D eigenvalue weighted by Gasteiger charge is 2.23. The summed E-state index contributed by atoms with van der Waals surface area (Å²) in [6.07, 6.45) is 3.59. The van der Waals surface area contributed by atoms with E-state index in [0.29, 0.717) is 6.54 Å². The van der Waals surface area contributed by atoms with E-state index in [1.807, 2.05) is 30.3 Å². The number of imidazole rings is 1. The standard InChI is InChI=1S/C24H26N4O2S/c1-24(2,3)23-27-21-15-19(16-26-31(29,30)20-7-5-4-6-8-20)9-10-22(21)28(23)17-18-11-13-25-14-12-18/h4-15,26H,16-17H2,1-3H3. The Morgan fingerprint density at radius 1 is 0.935 bits per heavy atom. The van der Waals surface area contributed by atoms with Gasteiger partial charge >= 0.3 is 0 Å². The van der Waals surface area contributed by atoms with Crippen molar-refractivity contribution < 1.29 is 8.42 Å². The highest BCUT2D eigenvalue weighted by atomic mass is 32.2. The fourth-order valence-electron chi connectivity index (χ4n) is 3.55. The number of rotatable bonds is 6. The van der Waals surface area contributed by atoms with Crippen LogP contribution in [0.4, 0.5) is 0 Å². The summed E-state index contributed by atoms with van der Waals surface area (Å²) in [5.41, 5.74) is 3.76. The third-order valence-corrected chi connectivity index (χ3v) is 6.51. The number of aromatic nitrogens is 3. The van der Waals surface area contributed by atoms with E-state index in [9.17, 15) is 8.42 Å². The molecule has 2 aromatic heterocycles. The van der Waals surface area contributed by atoms with Crippen molar-refractivity contribution in [2.24, 2.45) is 0 Å². The van der Waals surface area contributed by atoms with Crippen molar-refractivity contribution >= 4 is 21.1 Å². The quantitative estimate of drug-likeness (QED) is 0.492. The van der Waals surface area contributed by atoms with Gasteiger partial charge in [-0.15, -0.1) is 0 Å². The number of pyridine rings is 1. The van der Waals surface area contributed by atoms with Crippen LogP contribution in [0.2, 0.25) is 0 Å². The molecule has 0 saturated carbocycles. The molecule has 4 aromatic rings. The zero-order valence-electron chi connectivity index (χ0n) is 17.9. The summed E-state index contributed by atoms with van der Waals surface area (Å²) in [6, 6.07) is 18.3. The number of fused-ring (bicyclic) bond motifs is 1. The molecule has 0 radical (unpaired) electrons. The zero-order chi connectivity index (χ0) is 22.1. The Balaban J connectivity index is 1.65. The lowest BCUT2D eigenvalue weighted by molar-refractivity contribution is 0.516. The Hall–Kier alpha value is -3.03. The Morgan fingerprint density at radius 2 is 1.65 bits per heavy atom. The molecule has 0 aliphatic rings. The number of hydrogen-bond acceptors (Lipinski definition) is 4. The summed E-state index contributed by atoms with van der Waals surface area (Å²) in [5, 5.41) is 0. The van der Waals surface area contributed by atoms with Crippen LogP contribution in [-0.4, -0.2) is 23.0 Å². The molecule has 0 bridgehead atoms.